The van der Waals surface area contributed by atoms with Crippen LogP contribution in [0.1, 0.15) is 78.7 Å². The van der Waals surface area contributed by atoms with Crippen molar-refractivity contribution in [2.24, 2.45) is 11.8 Å². The van der Waals surface area contributed by atoms with Crippen molar-refractivity contribution in [2.75, 3.05) is 13.1 Å². The summed E-state index contributed by atoms with van der Waals surface area (Å²) in [7, 11) is 0. The maximum Gasteiger partial charge on any atom is 0.00957 e. The molecular weight excluding hydrogens is 346 g/mol. The van der Waals surface area contributed by atoms with E-state index in [0.29, 0.717) is 5.25 Å². The van der Waals surface area contributed by atoms with Crippen molar-refractivity contribution in [3.63, 3.8) is 0 Å². The van der Waals surface area contributed by atoms with Crippen LogP contribution in [0.15, 0.2) is 34.7 Å². The summed E-state index contributed by atoms with van der Waals surface area (Å²) < 4.78 is 0. The summed E-state index contributed by atoms with van der Waals surface area (Å²) in [6.07, 6.45) is 8.27. The van der Waals surface area contributed by atoms with Crippen LogP contribution in [0.5, 0.6) is 0 Å². The van der Waals surface area contributed by atoms with E-state index in [1.807, 2.05) is 11.8 Å². The summed E-state index contributed by atoms with van der Waals surface area (Å²) in [5.74, 6) is 1.84. The van der Waals surface area contributed by atoms with Crippen molar-refractivity contribution < 1.29 is 0 Å². The van der Waals surface area contributed by atoms with E-state index in [1.165, 1.54) is 67.6 Å². The van der Waals surface area contributed by atoms with E-state index in [9.17, 15) is 0 Å². The standard InChI is InChI=1S/C25H39NS/c1-18(2)21-6-10-24(11-7-21)26-16-14-23(15-17-26)20(5)22-8-12-25(13-9-22)27-19(3)4/h8-9,12-13,18-19,21,24H,6-7,10-11,14-17H2,1-5H3. The molecule has 1 aromatic carbocycles. The van der Waals surface area contributed by atoms with Gasteiger partial charge >= 0.3 is 0 Å². The summed E-state index contributed by atoms with van der Waals surface area (Å²) in [5, 5.41) is 0.648. The Hall–Kier alpha value is -0.730. The van der Waals surface area contributed by atoms with E-state index in [0.717, 1.165) is 17.9 Å². The summed E-state index contributed by atoms with van der Waals surface area (Å²) in [4.78, 5) is 4.19. The molecule has 27 heavy (non-hydrogen) atoms. The number of allylic oxidation sites excluding steroid dienone is 1. The maximum absolute atomic E-state index is 2.80. The number of rotatable bonds is 5. The fourth-order valence-corrected chi connectivity index (χ4v) is 5.76. The van der Waals surface area contributed by atoms with Crippen LogP contribution in [-0.2, 0) is 0 Å². The molecule has 3 rings (SSSR count). The normalized spacial score (nSPS) is 24.6. The van der Waals surface area contributed by atoms with Crippen LogP contribution in [0.4, 0.5) is 0 Å². The molecule has 1 nitrogen and oxygen atoms in total. The Morgan fingerprint density at radius 1 is 0.926 bits per heavy atom. The molecule has 2 heteroatoms. The first-order valence-corrected chi connectivity index (χ1v) is 12.0. The molecule has 2 fully saturated rings. The van der Waals surface area contributed by atoms with Crippen LogP contribution < -0.4 is 0 Å². The van der Waals surface area contributed by atoms with Crippen molar-refractivity contribution in [1.29, 1.82) is 0 Å². The Balaban J connectivity index is 1.55. The molecule has 150 valence electrons. The molecule has 1 aliphatic carbocycles. The lowest BCUT2D eigenvalue weighted by Gasteiger charge is -2.40. The molecule has 0 unspecified atom stereocenters. The number of piperidine rings is 1. The fraction of sp³-hybridized carbons (Fsp3) is 0.680. The number of benzene rings is 1. The third-order valence-electron chi connectivity index (χ3n) is 6.79. The first-order valence-electron chi connectivity index (χ1n) is 11.1. The average molecular weight is 386 g/mol. The first kappa shape index (κ1) is 21.0. The van der Waals surface area contributed by atoms with Crippen molar-refractivity contribution in [3.8, 4) is 0 Å². The number of nitrogens with zero attached hydrogens (tertiary/aromatic N) is 1. The first-order chi connectivity index (χ1) is 12.9. The molecule has 0 amide bonds. The van der Waals surface area contributed by atoms with Crippen LogP contribution in [0, 0.1) is 11.8 Å². The molecule has 0 aromatic heterocycles. The summed E-state index contributed by atoms with van der Waals surface area (Å²) in [6, 6.07) is 10.1. The van der Waals surface area contributed by atoms with Gasteiger partial charge in [0.15, 0.2) is 0 Å². The second kappa shape index (κ2) is 9.65. The Kier molecular flexibility index (Phi) is 7.50. The molecule has 0 radical (unpaired) electrons. The minimum atomic E-state index is 0.648. The highest BCUT2D eigenvalue weighted by Crippen LogP contribution is 2.35. The molecular formula is C25H39NS. The number of likely N-dealkylation sites (tertiary alicyclic amines) is 1. The smallest absolute Gasteiger partial charge is 0.00957 e. The number of thioether (sulfide) groups is 1. The van der Waals surface area contributed by atoms with Crippen molar-refractivity contribution in [1.82, 2.24) is 4.90 Å². The van der Waals surface area contributed by atoms with Crippen molar-refractivity contribution >= 4 is 17.3 Å². The molecule has 0 atom stereocenters. The van der Waals surface area contributed by atoms with Crippen molar-refractivity contribution in [2.45, 2.75) is 89.3 Å². The monoisotopic (exact) mass is 385 g/mol. The molecule has 0 spiro atoms. The second-order valence-electron chi connectivity index (χ2n) is 9.27. The van der Waals surface area contributed by atoms with Gasteiger partial charge in [0, 0.05) is 29.3 Å². The zero-order valence-electron chi connectivity index (χ0n) is 18.1. The molecule has 1 saturated heterocycles. The lowest BCUT2D eigenvalue weighted by Crippen LogP contribution is -2.42. The molecule has 1 saturated carbocycles. The lowest BCUT2D eigenvalue weighted by molar-refractivity contribution is 0.116. The van der Waals surface area contributed by atoms with Crippen LogP contribution in [0.25, 0.3) is 5.57 Å². The van der Waals surface area contributed by atoms with E-state index in [-0.39, 0.29) is 0 Å². The van der Waals surface area contributed by atoms with Gasteiger partial charge in [-0.1, -0.05) is 45.4 Å². The van der Waals surface area contributed by atoms with Gasteiger partial charge in [0.1, 0.15) is 0 Å². The fourth-order valence-electron chi connectivity index (χ4n) is 4.93. The molecule has 0 N–H and O–H groups in total. The Morgan fingerprint density at radius 3 is 2.04 bits per heavy atom. The Morgan fingerprint density at radius 2 is 1.52 bits per heavy atom. The Labute approximate surface area is 172 Å². The Bertz CT molecular complexity index is 610. The number of hydrogen-bond donors (Lipinski definition) is 0. The third-order valence-corrected chi connectivity index (χ3v) is 7.81. The van der Waals surface area contributed by atoms with Crippen molar-refractivity contribution in [3.05, 3.63) is 35.4 Å². The quantitative estimate of drug-likeness (QED) is 0.490. The highest BCUT2D eigenvalue weighted by Gasteiger charge is 2.28. The summed E-state index contributed by atoms with van der Waals surface area (Å²) in [5.41, 5.74) is 4.63. The van der Waals surface area contributed by atoms with Gasteiger partial charge in [-0.3, -0.25) is 4.90 Å². The second-order valence-corrected chi connectivity index (χ2v) is 10.9. The van der Waals surface area contributed by atoms with Gasteiger partial charge in [0.2, 0.25) is 0 Å². The van der Waals surface area contributed by atoms with Crippen LogP contribution >= 0.6 is 11.8 Å². The van der Waals surface area contributed by atoms with Gasteiger partial charge in [-0.15, -0.1) is 11.8 Å². The minimum Gasteiger partial charge on any atom is -0.300 e. The number of hydrogen-bond acceptors (Lipinski definition) is 2. The van der Waals surface area contributed by atoms with Gasteiger partial charge in [-0.05, 0) is 80.6 Å². The van der Waals surface area contributed by atoms with Crippen LogP contribution in [0.2, 0.25) is 0 Å². The highest BCUT2D eigenvalue weighted by molar-refractivity contribution is 7.99. The SMILES string of the molecule is CC(=C1CCN(C2CCC(C(C)C)CC2)CC1)c1ccc(SC(C)C)cc1. The molecule has 0 bridgehead atoms. The van der Waals surface area contributed by atoms with E-state index in [4.69, 9.17) is 0 Å². The molecule has 1 aliphatic heterocycles. The average Bonchev–Trinajstić information content (AvgIpc) is 2.68. The van der Waals surface area contributed by atoms with Crippen LogP contribution in [-0.4, -0.2) is 29.3 Å². The minimum absolute atomic E-state index is 0.648. The summed E-state index contributed by atoms with van der Waals surface area (Å²) >= 11 is 1.95. The zero-order valence-corrected chi connectivity index (χ0v) is 18.9. The summed E-state index contributed by atoms with van der Waals surface area (Å²) in [6.45, 7) is 14.2. The zero-order chi connectivity index (χ0) is 19.4. The van der Waals surface area contributed by atoms with E-state index in [1.54, 1.807) is 5.57 Å². The van der Waals surface area contributed by atoms with E-state index in [2.05, 4.69) is 63.8 Å². The van der Waals surface area contributed by atoms with E-state index < -0.39 is 0 Å². The largest absolute Gasteiger partial charge is 0.300 e. The maximum atomic E-state index is 2.80. The lowest BCUT2D eigenvalue weighted by atomic mass is 9.79. The topological polar surface area (TPSA) is 3.24 Å². The van der Waals surface area contributed by atoms with Crippen LogP contribution in [0.3, 0.4) is 0 Å². The van der Waals surface area contributed by atoms with E-state index >= 15 is 0 Å². The predicted molar refractivity (Wildman–Crippen MR) is 121 cm³/mol. The van der Waals surface area contributed by atoms with Gasteiger partial charge < -0.3 is 0 Å². The third kappa shape index (κ3) is 5.64. The highest BCUT2D eigenvalue weighted by atomic mass is 32.2. The molecule has 2 aliphatic rings. The van der Waals surface area contributed by atoms with Gasteiger partial charge in [-0.2, -0.15) is 0 Å². The molecule has 1 aromatic rings. The molecule has 1 heterocycles. The van der Waals surface area contributed by atoms with Gasteiger partial charge in [-0.25, -0.2) is 0 Å². The predicted octanol–water partition coefficient (Wildman–Crippen LogP) is 7.27. The van der Waals surface area contributed by atoms with Gasteiger partial charge in [0.25, 0.3) is 0 Å². The van der Waals surface area contributed by atoms with Gasteiger partial charge in [0.05, 0.1) is 0 Å².